The lowest BCUT2D eigenvalue weighted by Crippen LogP contribution is -2.52. The van der Waals surface area contributed by atoms with Crippen LogP contribution in [0.15, 0.2) is 30.3 Å². The lowest BCUT2D eigenvalue weighted by Gasteiger charge is -2.36. The van der Waals surface area contributed by atoms with Crippen molar-refractivity contribution >= 4 is 17.8 Å². The molecule has 1 saturated heterocycles. The van der Waals surface area contributed by atoms with Crippen LogP contribution in [0.2, 0.25) is 0 Å². The molecular formula is C22H32N4O3. The van der Waals surface area contributed by atoms with E-state index in [2.05, 4.69) is 5.32 Å². The van der Waals surface area contributed by atoms with Crippen molar-refractivity contribution in [2.75, 3.05) is 39.8 Å². The Balaban J connectivity index is 1.33. The Morgan fingerprint density at radius 1 is 1.00 bits per heavy atom. The molecule has 0 unspecified atom stereocenters. The Hall–Kier alpha value is -2.57. The average Bonchev–Trinajstić information content (AvgIpc) is 3.29. The van der Waals surface area contributed by atoms with E-state index >= 15 is 0 Å². The molecule has 2 fully saturated rings. The zero-order valence-electron chi connectivity index (χ0n) is 17.3. The third-order valence-corrected chi connectivity index (χ3v) is 5.87. The maximum Gasteiger partial charge on any atom is 0.317 e. The Bertz CT molecular complexity index is 695. The van der Waals surface area contributed by atoms with Crippen molar-refractivity contribution in [1.29, 1.82) is 0 Å². The normalized spacial score (nSPS) is 17.3. The molecule has 1 saturated carbocycles. The molecular weight excluding hydrogens is 368 g/mol. The first-order valence-electron chi connectivity index (χ1n) is 10.6. The van der Waals surface area contributed by atoms with Gasteiger partial charge in [-0.2, -0.15) is 0 Å². The summed E-state index contributed by atoms with van der Waals surface area (Å²) < 4.78 is 0. The summed E-state index contributed by atoms with van der Waals surface area (Å²) in [4.78, 5) is 42.4. The van der Waals surface area contributed by atoms with Crippen LogP contribution >= 0.6 is 0 Å². The van der Waals surface area contributed by atoms with Gasteiger partial charge in [-0.3, -0.25) is 9.59 Å². The maximum atomic E-state index is 12.5. The van der Waals surface area contributed by atoms with Crippen LogP contribution in [0.5, 0.6) is 0 Å². The van der Waals surface area contributed by atoms with Gasteiger partial charge < -0.3 is 20.0 Å². The number of hydrogen-bond acceptors (Lipinski definition) is 3. The lowest BCUT2D eigenvalue weighted by atomic mass is 10.1. The third-order valence-electron chi connectivity index (χ3n) is 5.87. The van der Waals surface area contributed by atoms with Gasteiger partial charge in [-0.15, -0.1) is 0 Å². The molecule has 1 heterocycles. The van der Waals surface area contributed by atoms with E-state index in [0.717, 1.165) is 31.2 Å². The van der Waals surface area contributed by atoms with Crippen molar-refractivity contribution in [3.05, 3.63) is 35.9 Å². The minimum absolute atomic E-state index is 0.0315. The van der Waals surface area contributed by atoms with Gasteiger partial charge in [0.1, 0.15) is 0 Å². The number of urea groups is 1. The van der Waals surface area contributed by atoms with Crippen molar-refractivity contribution in [3.63, 3.8) is 0 Å². The lowest BCUT2D eigenvalue weighted by molar-refractivity contribution is -0.142. The first-order valence-corrected chi connectivity index (χ1v) is 10.6. The van der Waals surface area contributed by atoms with Gasteiger partial charge in [0.25, 0.3) is 0 Å². The summed E-state index contributed by atoms with van der Waals surface area (Å²) in [6.07, 6.45) is 4.61. The molecule has 1 aliphatic heterocycles. The smallest absolute Gasteiger partial charge is 0.317 e. The number of rotatable bonds is 6. The van der Waals surface area contributed by atoms with E-state index in [4.69, 9.17) is 0 Å². The number of hydrogen-bond donors (Lipinski definition) is 1. The molecule has 1 aliphatic carbocycles. The monoisotopic (exact) mass is 400 g/mol. The molecule has 0 aromatic heterocycles. The van der Waals surface area contributed by atoms with Crippen molar-refractivity contribution in [3.8, 4) is 0 Å². The Labute approximate surface area is 173 Å². The van der Waals surface area contributed by atoms with Crippen molar-refractivity contribution in [2.24, 2.45) is 5.92 Å². The molecule has 4 amide bonds. The van der Waals surface area contributed by atoms with Crippen molar-refractivity contribution in [1.82, 2.24) is 20.0 Å². The molecule has 2 aliphatic rings. The topological polar surface area (TPSA) is 73.0 Å². The highest BCUT2D eigenvalue weighted by atomic mass is 16.2. The number of nitrogens with one attached hydrogen (secondary N) is 1. The molecule has 3 rings (SSSR count). The zero-order valence-corrected chi connectivity index (χ0v) is 17.3. The van der Waals surface area contributed by atoms with Crippen LogP contribution in [0.25, 0.3) is 0 Å². The Morgan fingerprint density at radius 2 is 1.62 bits per heavy atom. The molecule has 29 heavy (non-hydrogen) atoms. The standard InChI is InChI=1S/C22H32N4O3/c1-24(17-18-7-3-2-4-8-18)22(29)23-12-11-20(27)25-13-15-26(16-14-25)21(28)19-9-5-6-10-19/h2-4,7-8,19H,5-6,9-17H2,1H3,(H,23,29). The van der Waals surface area contributed by atoms with E-state index in [1.54, 1.807) is 16.8 Å². The Morgan fingerprint density at radius 3 is 2.28 bits per heavy atom. The SMILES string of the molecule is CN(Cc1ccccc1)C(=O)NCCC(=O)N1CCN(C(=O)C2CCCC2)CC1. The van der Waals surface area contributed by atoms with Gasteiger partial charge >= 0.3 is 6.03 Å². The van der Waals surface area contributed by atoms with Crippen molar-refractivity contribution < 1.29 is 14.4 Å². The van der Waals surface area contributed by atoms with E-state index in [1.165, 1.54) is 0 Å². The van der Waals surface area contributed by atoms with Crippen LogP contribution in [0.3, 0.4) is 0 Å². The average molecular weight is 401 g/mol. The summed E-state index contributed by atoms with van der Waals surface area (Å²) >= 11 is 0. The second-order valence-corrected chi connectivity index (χ2v) is 8.01. The van der Waals surface area contributed by atoms with E-state index in [9.17, 15) is 14.4 Å². The van der Waals surface area contributed by atoms with Crippen LogP contribution in [0.4, 0.5) is 4.79 Å². The second kappa shape index (κ2) is 10.3. The van der Waals surface area contributed by atoms with Gasteiger partial charge in [-0.1, -0.05) is 43.2 Å². The number of piperazine rings is 1. The van der Waals surface area contributed by atoms with Crippen LogP contribution in [-0.2, 0) is 16.1 Å². The maximum absolute atomic E-state index is 12.5. The number of amides is 4. The summed E-state index contributed by atoms with van der Waals surface area (Å²) in [5.74, 6) is 0.493. The molecule has 0 bridgehead atoms. The van der Waals surface area contributed by atoms with Crippen LogP contribution in [0, 0.1) is 5.92 Å². The van der Waals surface area contributed by atoms with Gasteiger partial charge in [-0.05, 0) is 18.4 Å². The molecule has 0 radical (unpaired) electrons. The minimum atomic E-state index is -0.186. The van der Waals surface area contributed by atoms with E-state index in [0.29, 0.717) is 39.3 Å². The predicted molar refractivity (Wildman–Crippen MR) is 111 cm³/mol. The van der Waals surface area contributed by atoms with Gasteiger partial charge in [-0.25, -0.2) is 4.79 Å². The highest BCUT2D eigenvalue weighted by Gasteiger charge is 2.30. The molecule has 1 N–H and O–H groups in total. The number of carbonyl (C=O) groups excluding carboxylic acids is 3. The largest absolute Gasteiger partial charge is 0.339 e. The van der Waals surface area contributed by atoms with Crippen LogP contribution in [-0.4, -0.2) is 72.3 Å². The fourth-order valence-electron chi connectivity index (χ4n) is 4.11. The molecule has 1 aromatic rings. The quantitative estimate of drug-likeness (QED) is 0.795. The van der Waals surface area contributed by atoms with Gasteiger partial charge in [0.05, 0.1) is 0 Å². The van der Waals surface area contributed by atoms with Gasteiger partial charge in [0.2, 0.25) is 11.8 Å². The fourth-order valence-corrected chi connectivity index (χ4v) is 4.11. The van der Waals surface area contributed by atoms with Crippen LogP contribution < -0.4 is 5.32 Å². The minimum Gasteiger partial charge on any atom is -0.339 e. The number of nitrogens with zero attached hydrogens (tertiary/aromatic N) is 3. The molecule has 0 spiro atoms. The van der Waals surface area contributed by atoms with Crippen molar-refractivity contribution in [2.45, 2.75) is 38.6 Å². The van der Waals surface area contributed by atoms with Crippen LogP contribution in [0.1, 0.15) is 37.7 Å². The number of carbonyl (C=O) groups is 3. The molecule has 7 nitrogen and oxygen atoms in total. The molecule has 1 aromatic carbocycles. The zero-order chi connectivity index (χ0) is 20.6. The molecule has 7 heteroatoms. The van der Waals surface area contributed by atoms with E-state index in [1.807, 2.05) is 35.2 Å². The van der Waals surface area contributed by atoms with E-state index in [-0.39, 0.29) is 30.2 Å². The summed E-state index contributed by atoms with van der Waals surface area (Å²) in [5.41, 5.74) is 1.06. The summed E-state index contributed by atoms with van der Waals surface area (Å²) in [7, 11) is 1.74. The second-order valence-electron chi connectivity index (χ2n) is 8.01. The first kappa shape index (κ1) is 21.1. The fraction of sp³-hybridized carbons (Fsp3) is 0.591. The third kappa shape index (κ3) is 5.95. The Kier molecular flexibility index (Phi) is 7.49. The summed E-state index contributed by atoms with van der Waals surface area (Å²) in [6, 6.07) is 9.60. The summed E-state index contributed by atoms with van der Waals surface area (Å²) in [6.45, 7) is 3.24. The van der Waals surface area contributed by atoms with Gasteiger partial charge in [0, 0.05) is 58.7 Å². The van der Waals surface area contributed by atoms with E-state index < -0.39 is 0 Å². The highest BCUT2D eigenvalue weighted by Crippen LogP contribution is 2.26. The highest BCUT2D eigenvalue weighted by molar-refractivity contribution is 5.80. The molecule has 0 atom stereocenters. The first-order chi connectivity index (χ1) is 14.0. The number of benzene rings is 1. The summed E-state index contributed by atoms with van der Waals surface area (Å²) in [5, 5.41) is 2.81. The van der Waals surface area contributed by atoms with Gasteiger partial charge in [0.15, 0.2) is 0 Å². The molecule has 158 valence electrons. The predicted octanol–water partition coefficient (Wildman–Crippen LogP) is 2.08.